The number of carbonyl (C=O) groups is 1. The van der Waals surface area contributed by atoms with Crippen molar-refractivity contribution in [3.8, 4) is 5.69 Å². The first kappa shape index (κ1) is 21.0. The van der Waals surface area contributed by atoms with Crippen LogP contribution in [0.5, 0.6) is 0 Å². The molecule has 4 rings (SSSR count). The van der Waals surface area contributed by atoms with Crippen molar-refractivity contribution in [1.29, 1.82) is 0 Å². The van der Waals surface area contributed by atoms with E-state index in [1.165, 1.54) is 11.8 Å². The Bertz CT molecular complexity index is 1170. The topological polar surface area (TPSA) is 40.8 Å². The molecule has 158 valence electrons. The molecule has 1 aliphatic rings. The van der Waals surface area contributed by atoms with Crippen molar-refractivity contribution in [2.75, 3.05) is 26.0 Å². The van der Waals surface area contributed by atoms with Gasteiger partial charge in [0.2, 0.25) is 0 Å². The number of amidine groups is 1. The van der Waals surface area contributed by atoms with Crippen LogP contribution in [-0.2, 0) is 4.79 Å². The maximum atomic E-state index is 12.9. The molecule has 1 aromatic heterocycles. The Hall–Kier alpha value is -3.25. The summed E-state index contributed by atoms with van der Waals surface area (Å²) in [5.74, 6) is -0.0381. The number of hydrogen-bond acceptors (Lipinski definition) is 4. The van der Waals surface area contributed by atoms with E-state index in [1.54, 1.807) is 11.9 Å². The molecular weight excluding hydrogens is 404 g/mol. The zero-order chi connectivity index (χ0) is 22.1. The summed E-state index contributed by atoms with van der Waals surface area (Å²) in [6.45, 7) is 4.11. The van der Waals surface area contributed by atoms with Crippen LogP contribution in [-0.4, -0.2) is 41.7 Å². The van der Waals surface area contributed by atoms with Crippen LogP contribution in [0.15, 0.2) is 70.7 Å². The van der Waals surface area contributed by atoms with E-state index in [-0.39, 0.29) is 5.91 Å². The summed E-state index contributed by atoms with van der Waals surface area (Å²) in [4.78, 5) is 22.0. The maximum absolute atomic E-state index is 12.9. The molecule has 0 atom stereocenters. The fourth-order valence-electron chi connectivity index (χ4n) is 3.57. The molecule has 0 radical (unpaired) electrons. The molecular formula is C25H26N4OS. The first-order valence-electron chi connectivity index (χ1n) is 10.1. The third-order valence-corrected chi connectivity index (χ3v) is 6.20. The molecule has 1 amide bonds. The highest BCUT2D eigenvalue weighted by molar-refractivity contribution is 8.18. The molecule has 0 saturated carbocycles. The van der Waals surface area contributed by atoms with E-state index < -0.39 is 0 Å². The molecule has 1 saturated heterocycles. The average molecular weight is 431 g/mol. The standard InChI is InChI=1S/C25H26N4OS/c1-17-13-18(2)15-19(14-17)26-25-28(5)24(30)23(31-25)16-22-7-6-12-29(22)21-10-8-20(9-11-21)27(3)4/h6-16H,1-5H3/b23-16-,26-25?. The van der Waals surface area contributed by atoms with Crippen molar-refractivity contribution < 1.29 is 4.79 Å². The van der Waals surface area contributed by atoms with Crippen LogP contribution in [0.1, 0.15) is 16.8 Å². The Morgan fingerprint density at radius 2 is 1.68 bits per heavy atom. The van der Waals surface area contributed by atoms with E-state index in [2.05, 4.69) is 53.6 Å². The molecule has 2 heterocycles. The third kappa shape index (κ3) is 4.44. The molecule has 0 bridgehead atoms. The van der Waals surface area contributed by atoms with Crippen LogP contribution >= 0.6 is 11.8 Å². The summed E-state index contributed by atoms with van der Waals surface area (Å²) < 4.78 is 2.08. The second-order valence-electron chi connectivity index (χ2n) is 7.93. The number of benzene rings is 2. The number of rotatable bonds is 4. The highest BCUT2D eigenvalue weighted by Crippen LogP contribution is 2.34. The van der Waals surface area contributed by atoms with E-state index in [1.807, 2.05) is 50.6 Å². The number of aromatic nitrogens is 1. The summed E-state index contributed by atoms with van der Waals surface area (Å²) in [6.07, 6.45) is 3.95. The van der Waals surface area contributed by atoms with Gasteiger partial charge in [0.25, 0.3) is 5.91 Å². The molecule has 0 N–H and O–H groups in total. The van der Waals surface area contributed by atoms with E-state index in [9.17, 15) is 4.79 Å². The van der Waals surface area contributed by atoms with Gasteiger partial charge in [0.15, 0.2) is 5.17 Å². The number of thioether (sulfide) groups is 1. The Balaban J connectivity index is 1.64. The molecule has 5 nitrogen and oxygen atoms in total. The number of hydrogen-bond donors (Lipinski definition) is 0. The Morgan fingerprint density at radius 3 is 2.32 bits per heavy atom. The number of carbonyl (C=O) groups excluding carboxylic acids is 1. The van der Waals surface area contributed by atoms with Gasteiger partial charge >= 0.3 is 0 Å². The van der Waals surface area contributed by atoms with Crippen LogP contribution in [0.2, 0.25) is 0 Å². The first-order chi connectivity index (χ1) is 14.8. The van der Waals surface area contributed by atoms with Gasteiger partial charge in [-0.25, -0.2) is 4.99 Å². The molecule has 6 heteroatoms. The second kappa shape index (κ2) is 8.47. The number of likely N-dealkylation sites (N-methyl/N-ethyl adjacent to an activating group) is 1. The van der Waals surface area contributed by atoms with Crippen molar-refractivity contribution in [2.45, 2.75) is 13.8 Å². The van der Waals surface area contributed by atoms with E-state index in [4.69, 9.17) is 4.99 Å². The van der Waals surface area contributed by atoms with Gasteiger partial charge in [-0.1, -0.05) is 6.07 Å². The van der Waals surface area contributed by atoms with Crippen LogP contribution in [0.4, 0.5) is 11.4 Å². The predicted octanol–water partition coefficient (Wildman–Crippen LogP) is 5.39. The quantitative estimate of drug-likeness (QED) is 0.521. The highest BCUT2D eigenvalue weighted by Gasteiger charge is 2.30. The van der Waals surface area contributed by atoms with Gasteiger partial charge < -0.3 is 9.47 Å². The summed E-state index contributed by atoms with van der Waals surface area (Å²) in [5, 5.41) is 0.690. The van der Waals surface area contributed by atoms with Crippen molar-refractivity contribution in [3.05, 3.63) is 82.5 Å². The predicted molar refractivity (Wildman–Crippen MR) is 131 cm³/mol. The van der Waals surface area contributed by atoms with Crippen molar-refractivity contribution in [2.24, 2.45) is 4.99 Å². The Labute approximate surface area is 187 Å². The van der Waals surface area contributed by atoms with E-state index >= 15 is 0 Å². The average Bonchev–Trinajstić information content (AvgIpc) is 3.28. The highest BCUT2D eigenvalue weighted by atomic mass is 32.2. The summed E-state index contributed by atoms with van der Waals surface area (Å²) >= 11 is 1.41. The number of aryl methyl sites for hydroxylation is 2. The fraction of sp³-hybridized carbons (Fsp3) is 0.200. The SMILES string of the molecule is Cc1cc(C)cc(N=C2S/C(=C\c3cccn3-c3ccc(N(C)C)cc3)C(=O)N2C)c1. The zero-order valence-electron chi connectivity index (χ0n) is 18.5. The third-order valence-electron chi connectivity index (χ3n) is 5.14. The van der Waals surface area contributed by atoms with Gasteiger partial charge in [0, 0.05) is 44.4 Å². The van der Waals surface area contributed by atoms with Crippen LogP contribution in [0.3, 0.4) is 0 Å². The molecule has 0 unspecified atom stereocenters. The summed E-state index contributed by atoms with van der Waals surface area (Å²) in [7, 11) is 5.82. The number of amides is 1. The lowest BCUT2D eigenvalue weighted by Gasteiger charge is -2.13. The van der Waals surface area contributed by atoms with Gasteiger partial charge in [-0.15, -0.1) is 0 Å². The van der Waals surface area contributed by atoms with Gasteiger partial charge in [-0.3, -0.25) is 9.69 Å². The van der Waals surface area contributed by atoms with Crippen LogP contribution in [0, 0.1) is 13.8 Å². The molecule has 1 aliphatic heterocycles. The number of anilines is 1. The number of aliphatic imine (C=N–C) groups is 1. The monoisotopic (exact) mass is 430 g/mol. The lowest BCUT2D eigenvalue weighted by atomic mass is 10.1. The molecule has 2 aromatic carbocycles. The van der Waals surface area contributed by atoms with Crippen LogP contribution in [0.25, 0.3) is 11.8 Å². The van der Waals surface area contributed by atoms with Crippen molar-refractivity contribution in [3.63, 3.8) is 0 Å². The maximum Gasteiger partial charge on any atom is 0.266 e. The first-order valence-corrected chi connectivity index (χ1v) is 10.9. The minimum Gasteiger partial charge on any atom is -0.378 e. The van der Waals surface area contributed by atoms with Gasteiger partial charge in [0.1, 0.15) is 0 Å². The lowest BCUT2D eigenvalue weighted by Crippen LogP contribution is -2.23. The second-order valence-corrected chi connectivity index (χ2v) is 8.94. The fourth-order valence-corrected chi connectivity index (χ4v) is 4.54. The van der Waals surface area contributed by atoms with Crippen molar-refractivity contribution >= 4 is 40.3 Å². The molecule has 31 heavy (non-hydrogen) atoms. The summed E-state index contributed by atoms with van der Waals surface area (Å²) in [5.41, 5.74) is 6.33. The number of nitrogens with zero attached hydrogens (tertiary/aromatic N) is 4. The smallest absolute Gasteiger partial charge is 0.266 e. The van der Waals surface area contributed by atoms with Gasteiger partial charge in [0.05, 0.1) is 10.6 Å². The van der Waals surface area contributed by atoms with E-state index in [0.717, 1.165) is 33.9 Å². The normalized spacial score (nSPS) is 16.5. The minimum absolute atomic E-state index is 0.0381. The molecule has 1 fully saturated rings. The summed E-state index contributed by atoms with van der Waals surface area (Å²) in [6, 6.07) is 18.5. The van der Waals surface area contributed by atoms with Crippen LogP contribution < -0.4 is 4.90 Å². The van der Waals surface area contributed by atoms with Gasteiger partial charge in [-0.05, 0) is 91.3 Å². The lowest BCUT2D eigenvalue weighted by molar-refractivity contribution is -0.121. The molecule has 0 spiro atoms. The van der Waals surface area contributed by atoms with Gasteiger partial charge in [-0.2, -0.15) is 0 Å². The zero-order valence-corrected chi connectivity index (χ0v) is 19.3. The van der Waals surface area contributed by atoms with E-state index in [0.29, 0.717) is 10.1 Å². The molecule has 3 aromatic rings. The Morgan fingerprint density at radius 1 is 1.00 bits per heavy atom. The molecule has 0 aliphatic carbocycles. The van der Waals surface area contributed by atoms with Crippen molar-refractivity contribution in [1.82, 2.24) is 9.47 Å². The Kier molecular flexibility index (Phi) is 5.74. The largest absolute Gasteiger partial charge is 0.378 e. The minimum atomic E-state index is -0.0381.